The van der Waals surface area contributed by atoms with Gasteiger partial charge in [-0.3, -0.25) is 25.2 Å². The monoisotopic (exact) mass is 480 g/mol. The van der Waals surface area contributed by atoms with Crippen LogP contribution in [0.15, 0.2) is 29.2 Å². The van der Waals surface area contributed by atoms with Crippen LogP contribution in [-0.4, -0.2) is 49.6 Å². The molecule has 3 N–H and O–H groups in total. The molecule has 33 heavy (non-hydrogen) atoms. The van der Waals surface area contributed by atoms with Crippen LogP contribution in [0.4, 0.5) is 0 Å². The van der Waals surface area contributed by atoms with Crippen molar-refractivity contribution in [1.29, 1.82) is 0 Å². The molecule has 0 saturated heterocycles. The maximum absolute atomic E-state index is 12.7. The van der Waals surface area contributed by atoms with Crippen molar-refractivity contribution in [2.75, 3.05) is 13.1 Å². The van der Waals surface area contributed by atoms with Crippen molar-refractivity contribution in [1.82, 2.24) is 20.5 Å². The molecule has 10 heteroatoms. The largest absolute Gasteiger partial charge is 0.344 e. The Morgan fingerprint density at radius 2 is 1.67 bits per heavy atom. The molecule has 1 saturated carbocycles. The van der Waals surface area contributed by atoms with Crippen LogP contribution in [0, 0.1) is 11.8 Å². The van der Waals surface area contributed by atoms with E-state index in [1.165, 1.54) is 28.6 Å². The van der Waals surface area contributed by atoms with Gasteiger partial charge in [0.2, 0.25) is 15.9 Å². The molecule has 9 nitrogen and oxygen atoms in total. The normalized spacial score (nSPS) is 15.8. The van der Waals surface area contributed by atoms with Gasteiger partial charge in [-0.15, -0.1) is 0 Å². The highest BCUT2D eigenvalue weighted by atomic mass is 32.2. The summed E-state index contributed by atoms with van der Waals surface area (Å²) in [4.78, 5) is 37.8. The summed E-state index contributed by atoms with van der Waals surface area (Å²) in [6.07, 6.45) is 4.79. The summed E-state index contributed by atoms with van der Waals surface area (Å²) in [5.74, 6) is -1.59. The fourth-order valence-corrected chi connectivity index (χ4v) is 5.45. The Balaban J connectivity index is 2.03. The first-order valence-corrected chi connectivity index (χ1v) is 13.1. The van der Waals surface area contributed by atoms with Crippen LogP contribution in [0.25, 0.3) is 0 Å². The van der Waals surface area contributed by atoms with Gasteiger partial charge in [-0.1, -0.05) is 53.0 Å². The number of carbonyl (C=O) groups is 3. The molecular weight excluding hydrogens is 444 g/mol. The van der Waals surface area contributed by atoms with Crippen LogP contribution in [0.3, 0.4) is 0 Å². The number of hydrogen-bond acceptors (Lipinski definition) is 5. The zero-order chi connectivity index (χ0) is 24.6. The van der Waals surface area contributed by atoms with Crippen molar-refractivity contribution in [3.05, 3.63) is 29.8 Å². The van der Waals surface area contributed by atoms with Crippen molar-refractivity contribution in [3.8, 4) is 0 Å². The molecule has 1 aliphatic rings. The second kappa shape index (κ2) is 12.1. The molecular formula is C23H36N4O5S. The third-order valence-electron chi connectivity index (χ3n) is 5.96. The molecule has 0 spiro atoms. The Kier molecular flexibility index (Phi) is 9.85. The summed E-state index contributed by atoms with van der Waals surface area (Å²) in [5, 5.41) is 2.82. The molecule has 1 atom stereocenters. The highest BCUT2D eigenvalue weighted by molar-refractivity contribution is 7.89. The maximum atomic E-state index is 12.7. The lowest BCUT2D eigenvalue weighted by molar-refractivity contribution is -0.133. The topological polar surface area (TPSA) is 125 Å². The molecule has 0 aliphatic heterocycles. The lowest BCUT2D eigenvalue weighted by Gasteiger charge is -2.26. The van der Waals surface area contributed by atoms with Gasteiger partial charge in [0.1, 0.15) is 6.04 Å². The number of rotatable bonds is 9. The standard InChI is InChI=1S/C23H36N4O5S/c1-5-27(6-2)33(31,32)19-14-10-13-18(15-19)22(29)25-26-23(30)20(16(3)4)24-21(28)17-11-8-7-9-12-17/h10,13-17,20H,5-9,11-12H2,1-4H3,(H,24,28)(H,25,29)(H,26,30)/t20-/m1/s1. The van der Waals surface area contributed by atoms with Gasteiger partial charge in [-0.05, 0) is 37.0 Å². The summed E-state index contributed by atoms with van der Waals surface area (Å²) < 4.78 is 26.7. The number of carbonyl (C=O) groups excluding carboxylic acids is 3. The van der Waals surface area contributed by atoms with Crippen molar-refractivity contribution in [3.63, 3.8) is 0 Å². The van der Waals surface area contributed by atoms with Crippen LogP contribution in [0.2, 0.25) is 0 Å². The number of sulfonamides is 1. The Morgan fingerprint density at radius 3 is 2.24 bits per heavy atom. The minimum atomic E-state index is -3.72. The Hall–Kier alpha value is -2.46. The highest BCUT2D eigenvalue weighted by Crippen LogP contribution is 2.24. The number of nitrogens with one attached hydrogen (secondary N) is 3. The van der Waals surface area contributed by atoms with E-state index in [2.05, 4.69) is 16.2 Å². The van der Waals surface area contributed by atoms with E-state index in [0.29, 0.717) is 13.1 Å². The van der Waals surface area contributed by atoms with Crippen LogP contribution in [-0.2, 0) is 19.6 Å². The fraction of sp³-hybridized carbons (Fsp3) is 0.609. The van der Waals surface area contributed by atoms with Crippen molar-refractivity contribution < 1.29 is 22.8 Å². The smallest absolute Gasteiger partial charge is 0.269 e. The number of hydrazine groups is 1. The molecule has 1 aromatic rings. The Morgan fingerprint density at radius 1 is 1.03 bits per heavy atom. The predicted octanol–water partition coefficient (Wildman–Crippen LogP) is 2.20. The molecule has 0 aromatic heterocycles. The first kappa shape index (κ1) is 26.8. The number of hydrogen-bond donors (Lipinski definition) is 3. The van der Waals surface area contributed by atoms with E-state index in [9.17, 15) is 22.8 Å². The summed E-state index contributed by atoms with van der Waals surface area (Å²) in [7, 11) is -3.72. The number of benzene rings is 1. The molecule has 0 heterocycles. The van der Waals surface area contributed by atoms with E-state index in [-0.39, 0.29) is 28.2 Å². The van der Waals surface area contributed by atoms with Gasteiger partial charge in [0.25, 0.3) is 11.8 Å². The minimum absolute atomic E-state index is 0.00461. The van der Waals surface area contributed by atoms with E-state index in [0.717, 1.165) is 32.1 Å². The van der Waals surface area contributed by atoms with E-state index >= 15 is 0 Å². The van der Waals surface area contributed by atoms with E-state index in [4.69, 9.17) is 0 Å². The lowest BCUT2D eigenvalue weighted by atomic mass is 9.88. The van der Waals surface area contributed by atoms with Crippen LogP contribution >= 0.6 is 0 Å². The molecule has 1 aromatic carbocycles. The summed E-state index contributed by atoms with van der Waals surface area (Å²) in [6.45, 7) is 7.74. The first-order valence-electron chi connectivity index (χ1n) is 11.6. The van der Waals surface area contributed by atoms with Crippen LogP contribution < -0.4 is 16.2 Å². The zero-order valence-electron chi connectivity index (χ0n) is 19.9. The molecule has 1 aliphatic carbocycles. The second-order valence-corrected chi connectivity index (χ2v) is 10.6. The molecule has 1 fully saturated rings. The molecule has 184 valence electrons. The summed E-state index contributed by atoms with van der Waals surface area (Å²) in [6, 6.07) is 4.86. The lowest BCUT2D eigenvalue weighted by Crippen LogP contribution is -2.55. The van der Waals surface area contributed by atoms with Gasteiger partial charge in [0.05, 0.1) is 4.90 Å². The molecule has 0 radical (unpaired) electrons. The van der Waals surface area contributed by atoms with Gasteiger partial charge < -0.3 is 5.32 Å². The zero-order valence-corrected chi connectivity index (χ0v) is 20.7. The number of nitrogens with zero attached hydrogens (tertiary/aromatic N) is 1. The first-order chi connectivity index (χ1) is 15.6. The van der Waals surface area contributed by atoms with Crippen LogP contribution in [0.5, 0.6) is 0 Å². The van der Waals surface area contributed by atoms with Gasteiger partial charge in [-0.25, -0.2) is 8.42 Å². The van der Waals surface area contributed by atoms with Crippen molar-refractivity contribution in [2.45, 2.75) is 70.7 Å². The van der Waals surface area contributed by atoms with Gasteiger partial charge >= 0.3 is 0 Å². The predicted molar refractivity (Wildman–Crippen MR) is 126 cm³/mol. The average Bonchev–Trinajstić information content (AvgIpc) is 2.81. The Bertz CT molecular complexity index is 938. The summed E-state index contributed by atoms with van der Waals surface area (Å²) >= 11 is 0. The third kappa shape index (κ3) is 7.01. The van der Waals surface area contributed by atoms with E-state index in [1.54, 1.807) is 13.8 Å². The minimum Gasteiger partial charge on any atom is -0.344 e. The van der Waals surface area contributed by atoms with Gasteiger partial charge in [0, 0.05) is 24.6 Å². The van der Waals surface area contributed by atoms with Crippen molar-refractivity contribution in [2.24, 2.45) is 11.8 Å². The number of amides is 3. The Labute approximate surface area is 196 Å². The summed E-state index contributed by atoms with van der Waals surface area (Å²) in [5.41, 5.74) is 4.78. The fourth-order valence-electron chi connectivity index (χ4n) is 3.95. The van der Waals surface area contributed by atoms with Gasteiger partial charge in [0.15, 0.2) is 0 Å². The van der Waals surface area contributed by atoms with Crippen molar-refractivity contribution >= 4 is 27.7 Å². The molecule has 0 unspecified atom stereocenters. The quantitative estimate of drug-likeness (QED) is 0.467. The average molecular weight is 481 g/mol. The third-order valence-corrected chi connectivity index (χ3v) is 8.01. The van der Waals surface area contributed by atoms with Gasteiger partial charge in [-0.2, -0.15) is 4.31 Å². The van der Waals surface area contributed by atoms with Crippen LogP contribution in [0.1, 0.15) is 70.2 Å². The molecule has 0 bridgehead atoms. The SMILES string of the molecule is CCN(CC)S(=O)(=O)c1cccc(C(=O)NNC(=O)[C@H](NC(=O)C2CCCCC2)C(C)C)c1. The molecule has 3 amide bonds. The van der Waals surface area contributed by atoms with E-state index in [1.807, 2.05) is 13.8 Å². The highest BCUT2D eigenvalue weighted by Gasteiger charge is 2.29. The maximum Gasteiger partial charge on any atom is 0.269 e. The van der Waals surface area contributed by atoms with E-state index < -0.39 is 27.9 Å². The molecule has 2 rings (SSSR count). The second-order valence-electron chi connectivity index (χ2n) is 8.63.